The predicted molar refractivity (Wildman–Crippen MR) is 79.2 cm³/mol. The molecule has 0 aliphatic carbocycles. The van der Waals surface area contributed by atoms with Gasteiger partial charge in [-0.15, -0.1) is 0 Å². The second-order valence-corrected chi connectivity index (χ2v) is 4.05. The Labute approximate surface area is 150 Å². The Balaban J connectivity index is 0. The summed E-state index contributed by atoms with van der Waals surface area (Å²) in [5, 5.41) is 17.8. The fraction of sp³-hybridized carbons (Fsp3) is 0.118. The molecule has 0 amide bonds. The summed E-state index contributed by atoms with van der Waals surface area (Å²) in [5.74, 6) is -1.94. The summed E-state index contributed by atoms with van der Waals surface area (Å²) in [6, 6.07) is 18.0. The van der Waals surface area contributed by atoms with Crippen LogP contribution in [-0.2, 0) is 26.4 Å². The smallest absolute Gasteiger partial charge is 0.550 e. The van der Waals surface area contributed by atoms with E-state index in [-0.39, 0.29) is 22.7 Å². The normalized spacial score (nSPS) is 8.08. The van der Waals surface area contributed by atoms with E-state index in [4.69, 9.17) is 24.5 Å². The maximum atomic E-state index is 11.6. The quantitative estimate of drug-likeness (QED) is 0.556. The molecule has 0 spiro atoms. The van der Waals surface area contributed by atoms with Gasteiger partial charge in [0.15, 0.2) is 0 Å². The van der Waals surface area contributed by atoms with Gasteiger partial charge in [-0.25, -0.2) is 4.79 Å². The molecule has 0 saturated heterocycles. The number of carboxylic acid groups (broad SMARTS) is 2. The summed E-state index contributed by atoms with van der Waals surface area (Å²) in [4.78, 5) is 29.4. The molecule has 2 aromatic carbocycles. The molecule has 2 aromatic rings. The first kappa shape index (κ1) is 23.6. The van der Waals surface area contributed by atoms with E-state index in [0.717, 1.165) is 13.8 Å². The van der Waals surface area contributed by atoms with Gasteiger partial charge in [0.25, 0.3) is 0 Å². The number of carbonyl (C=O) groups excluding carboxylic acids is 3. The van der Waals surface area contributed by atoms with Crippen molar-refractivity contribution in [2.75, 3.05) is 0 Å². The Morgan fingerprint density at radius 3 is 1.46 bits per heavy atom. The van der Waals surface area contributed by atoms with Crippen LogP contribution in [0.15, 0.2) is 60.7 Å². The number of ether oxygens (including phenoxy) is 1. The van der Waals surface area contributed by atoms with Crippen LogP contribution in [0, 0.1) is 0 Å². The van der Waals surface area contributed by atoms with Crippen molar-refractivity contribution in [2.24, 2.45) is 0 Å². The monoisotopic (exact) mass is 375 g/mol. The van der Waals surface area contributed by atoms with Crippen LogP contribution in [0.1, 0.15) is 24.2 Å². The minimum Gasteiger partial charge on any atom is -0.550 e. The van der Waals surface area contributed by atoms with Crippen LogP contribution in [-0.4, -0.2) is 17.9 Å². The van der Waals surface area contributed by atoms with E-state index in [9.17, 15) is 4.79 Å². The topological polar surface area (TPSA) is 107 Å². The summed E-state index contributed by atoms with van der Waals surface area (Å²) < 4.78 is 5.16. The van der Waals surface area contributed by atoms with Gasteiger partial charge in [0.05, 0.1) is 5.56 Å². The first-order valence-corrected chi connectivity index (χ1v) is 6.50. The van der Waals surface area contributed by atoms with E-state index in [1.165, 1.54) is 0 Å². The van der Waals surface area contributed by atoms with Crippen molar-refractivity contribution in [3.8, 4) is 5.75 Å². The molecule has 0 heterocycles. The van der Waals surface area contributed by atoms with Gasteiger partial charge >= 0.3 is 22.7 Å². The first-order valence-electron chi connectivity index (χ1n) is 6.50. The SMILES string of the molecule is CC(=O)[O-].CC(=O)[O-].O=C(Oc1ccccc1)c1ccccc1.[Co+2]. The molecule has 0 atom stereocenters. The molecule has 0 aliphatic rings. The molecule has 0 fully saturated rings. The van der Waals surface area contributed by atoms with Gasteiger partial charge in [-0.1, -0.05) is 36.4 Å². The number of hydrogen-bond acceptors (Lipinski definition) is 6. The van der Waals surface area contributed by atoms with E-state index < -0.39 is 11.9 Å². The van der Waals surface area contributed by atoms with Crippen LogP contribution in [0.2, 0.25) is 0 Å². The van der Waals surface area contributed by atoms with Crippen LogP contribution < -0.4 is 14.9 Å². The summed E-state index contributed by atoms with van der Waals surface area (Å²) in [6.45, 7) is 1.94. The summed E-state index contributed by atoms with van der Waals surface area (Å²) in [7, 11) is 0. The number of rotatable bonds is 2. The maximum Gasteiger partial charge on any atom is 2.00 e. The average Bonchev–Trinajstić information content (AvgIpc) is 2.48. The van der Waals surface area contributed by atoms with Gasteiger partial charge in [0, 0.05) is 11.9 Å². The van der Waals surface area contributed by atoms with E-state index in [1.54, 1.807) is 24.3 Å². The first-order chi connectivity index (χ1) is 10.8. The van der Waals surface area contributed by atoms with Crippen molar-refractivity contribution >= 4 is 17.9 Å². The second-order valence-electron chi connectivity index (χ2n) is 4.05. The van der Waals surface area contributed by atoms with Crippen molar-refractivity contribution in [1.29, 1.82) is 0 Å². The minimum absolute atomic E-state index is 0. The minimum atomic E-state index is -1.08. The van der Waals surface area contributed by atoms with Crippen LogP contribution in [0.3, 0.4) is 0 Å². The molecular formula is C17H16CoO6. The molecular weight excluding hydrogens is 359 g/mol. The van der Waals surface area contributed by atoms with Crippen LogP contribution in [0.25, 0.3) is 0 Å². The number of hydrogen-bond donors (Lipinski definition) is 0. The standard InChI is InChI=1S/C13H10O2.2C2H4O2.Co/c14-13(11-7-3-1-4-8-11)15-12-9-5-2-6-10-12;2*1-2(3)4;/h1-10H;2*1H3,(H,3,4);/q;;;+2/p-2. The van der Waals surface area contributed by atoms with Gasteiger partial charge < -0.3 is 24.5 Å². The summed E-state index contributed by atoms with van der Waals surface area (Å²) in [5.41, 5.74) is 0.557. The molecule has 0 saturated carbocycles. The van der Waals surface area contributed by atoms with Crippen molar-refractivity contribution in [3.63, 3.8) is 0 Å². The van der Waals surface area contributed by atoms with Crippen molar-refractivity contribution in [2.45, 2.75) is 13.8 Å². The molecule has 7 heteroatoms. The second kappa shape index (κ2) is 14.0. The number of carboxylic acids is 2. The summed E-state index contributed by atoms with van der Waals surface area (Å²) in [6.07, 6.45) is 0. The maximum absolute atomic E-state index is 11.6. The van der Waals surface area contributed by atoms with Gasteiger partial charge in [0.1, 0.15) is 5.75 Å². The Morgan fingerprint density at radius 1 is 0.750 bits per heavy atom. The van der Waals surface area contributed by atoms with Gasteiger partial charge in [-0.05, 0) is 38.1 Å². The molecule has 2 rings (SSSR count). The van der Waals surface area contributed by atoms with Crippen molar-refractivity contribution in [1.82, 2.24) is 0 Å². The zero-order valence-electron chi connectivity index (χ0n) is 13.1. The fourth-order valence-corrected chi connectivity index (χ4v) is 1.23. The van der Waals surface area contributed by atoms with E-state index in [0.29, 0.717) is 11.3 Å². The summed E-state index contributed by atoms with van der Waals surface area (Å²) >= 11 is 0. The number of aliphatic carboxylic acids is 2. The average molecular weight is 375 g/mol. The van der Waals surface area contributed by atoms with Crippen molar-refractivity contribution < 1.29 is 46.1 Å². The third-order valence-corrected chi connectivity index (χ3v) is 1.96. The van der Waals surface area contributed by atoms with E-state index in [1.807, 2.05) is 36.4 Å². The van der Waals surface area contributed by atoms with Gasteiger partial charge in [0.2, 0.25) is 0 Å². The molecule has 0 aliphatic heterocycles. The fourth-order valence-electron chi connectivity index (χ4n) is 1.23. The molecule has 6 nitrogen and oxygen atoms in total. The van der Waals surface area contributed by atoms with E-state index in [2.05, 4.69) is 0 Å². The molecule has 0 aromatic heterocycles. The molecule has 0 N–H and O–H groups in total. The van der Waals surface area contributed by atoms with Gasteiger partial charge in [-0.3, -0.25) is 0 Å². The Hall–Kier alpha value is -2.64. The Bertz CT molecular complexity index is 593. The number of benzene rings is 2. The molecule has 1 radical (unpaired) electrons. The van der Waals surface area contributed by atoms with Crippen LogP contribution in [0.4, 0.5) is 0 Å². The van der Waals surface area contributed by atoms with Crippen LogP contribution in [0.5, 0.6) is 5.75 Å². The third-order valence-electron chi connectivity index (χ3n) is 1.96. The van der Waals surface area contributed by atoms with Crippen molar-refractivity contribution in [3.05, 3.63) is 66.2 Å². The molecule has 0 unspecified atom stereocenters. The Kier molecular flexibility index (Phi) is 13.8. The van der Waals surface area contributed by atoms with E-state index >= 15 is 0 Å². The number of esters is 1. The number of para-hydroxylation sites is 1. The zero-order chi connectivity index (χ0) is 17.7. The van der Waals surface area contributed by atoms with Crippen LogP contribution >= 0.6 is 0 Å². The predicted octanol–water partition coefficient (Wildman–Crippen LogP) is 0.416. The largest absolute Gasteiger partial charge is 2.00 e. The molecule has 24 heavy (non-hydrogen) atoms. The third kappa shape index (κ3) is 14.3. The Morgan fingerprint density at radius 2 is 1.08 bits per heavy atom. The van der Waals surface area contributed by atoms with Gasteiger partial charge in [-0.2, -0.15) is 0 Å². The molecule has 129 valence electrons. The zero-order valence-corrected chi connectivity index (χ0v) is 14.1. The molecule has 0 bridgehead atoms. The number of carbonyl (C=O) groups is 3.